The number of hydrogen-bond donors (Lipinski definition) is 3. The van der Waals surface area contributed by atoms with Crippen LogP contribution < -0.4 is 16.0 Å². The van der Waals surface area contributed by atoms with Crippen molar-refractivity contribution in [2.75, 3.05) is 18.4 Å². The molecule has 0 aromatic heterocycles. The molecule has 0 aliphatic carbocycles. The first-order valence-electron chi connectivity index (χ1n) is 8.34. The second-order valence-electron chi connectivity index (χ2n) is 6.66. The number of nitrogens with one attached hydrogen (secondary N) is 3. The zero-order valence-electron chi connectivity index (χ0n) is 14.7. The van der Waals surface area contributed by atoms with Crippen LogP contribution >= 0.6 is 0 Å². The van der Waals surface area contributed by atoms with Crippen LogP contribution in [-0.2, 0) is 4.79 Å². The van der Waals surface area contributed by atoms with Crippen molar-refractivity contribution in [1.82, 2.24) is 10.6 Å². The molecule has 4 heteroatoms. The summed E-state index contributed by atoms with van der Waals surface area (Å²) in [4.78, 5) is 12.0. The summed E-state index contributed by atoms with van der Waals surface area (Å²) < 4.78 is 0. The number of hydrogen-bond acceptors (Lipinski definition) is 3. The van der Waals surface area contributed by atoms with Crippen LogP contribution in [0.2, 0.25) is 0 Å². The predicted octanol–water partition coefficient (Wildman–Crippen LogP) is 3.34. The minimum Gasteiger partial charge on any atom is -0.376 e. The summed E-state index contributed by atoms with van der Waals surface area (Å²) in [6, 6.07) is 20.3. The third-order valence-electron chi connectivity index (χ3n) is 3.86. The summed E-state index contributed by atoms with van der Waals surface area (Å²) in [7, 11) is 0. The molecule has 2 aromatic carbocycles. The molecule has 0 saturated heterocycles. The van der Waals surface area contributed by atoms with Crippen molar-refractivity contribution < 1.29 is 4.79 Å². The fraction of sp³-hybridized carbons (Fsp3) is 0.350. The Balaban J connectivity index is 1.76. The normalized spacial score (nSPS) is 12.5. The molecule has 24 heavy (non-hydrogen) atoms. The maximum Gasteiger partial charge on any atom is 0.239 e. The van der Waals surface area contributed by atoms with E-state index in [9.17, 15) is 4.79 Å². The second kappa shape index (κ2) is 8.50. The number of benzene rings is 2. The Hall–Kier alpha value is -2.33. The minimum absolute atomic E-state index is 0.0129. The first-order chi connectivity index (χ1) is 11.5. The van der Waals surface area contributed by atoms with Gasteiger partial charge in [-0.3, -0.25) is 4.79 Å². The number of carbonyl (C=O) groups excluding carboxylic acids is 1. The molecule has 0 spiro atoms. The van der Waals surface area contributed by atoms with Crippen molar-refractivity contribution in [1.29, 1.82) is 0 Å². The van der Waals surface area contributed by atoms with Crippen molar-refractivity contribution in [2.24, 2.45) is 0 Å². The number of amides is 1. The minimum atomic E-state index is -0.197. The molecular formula is C20H27N3O. The first kappa shape index (κ1) is 18.0. The third kappa shape index (κ3) is 6.05. The Morgan fingerprint density at radius 3 is 2.21 bits per heavy atom. The van der Waals surface area contributed by atoms with Crippen molar-refractivity contribution in [3.8, 4) is 0 Å². The van der Waals surface area contributed by atoms with Gasteiger partial charge in [-0.15, -0.1) is 0 Å². The van der Waals surface area contributed by atoms with Crippen LogP contribution in [0.25, 0.3) is 0 Å². The Kier molecular flexibility index (Phi) is 6.38. The highest BCUT2D eigenvalue weighted by molar-refractivity contribution is 5.80. The molecule has 1 atom stereocenters. The fourth-order valence-electron chi connectivity index (χ4n) is 2.58. The Morgan fingerprint density at radius 1 is 1.00 bits per heavy atom. The highest BCUT2D eigenvalue weighted by Crippen LogP contribution is 2.15. The molecule has 0 heterocycles. The molecule has 3 N–H and O–H groups in total. The van der Waals surface area contributed by atoms with Crippen LogP contribution in [0.1, 0.15) is 32.4 Å². The van der Waals surface area contributed by atoms with E-state index >= 15 is 0 Å². The zero-order valence-corrected chi connectivity index (χ0v) is 14.7. The average Bonchev–Trinajstić information content (AvgIpc) is 2.59. The van der Waals surface area contributed by atoms with Gasteiger partial charge in [-0.25, -0.2) is 0 Å². The van der Waals surface area contributed by atoms with Crippen LogP contribution in [0.5, 0.6) is 0 Å². The summed E-state index contributed by atoms with van der Waals surface area (Å²) >= 11 is 0. The van der Waals surface area contributed by atoms with E-state index in [0.29, 0.717) is 6.54 Å². The topological polar surface area (TPSA) is 53.2 Å². The summed E-state index contributed by atoms with van der Waals surface area (Å²) in [6.45, 7) is 7.17. The van der Waals surface area contributed by atoms with E-state index in [0.717, 1.165) is 5.69 Å². The molecule has 2 aromatic rings. The van der Waals surface area contributed by atoms with Gasteiger partial charge >= 0.3 is 0 Å². The third-order valence-corrected chi connectivity index (χ3v) is 3.86. The van der Waals surface area contributed by atoms with Crippen LogP contribution in [-0.4, -0.2) is 24.5 Å². The Bertz CT molecular complexity index is 626. The fourth-order valence-corrected chi connectivity index (χ4v) is 2.58. The first-order valence-corrected chi connectivity index (χ1v) is 8.34. The maximum atomic E-state index is 12.0. The van der Waals surface area contributed by atoms with Crippen molar-refractivity contribution >= 4 is 11.6 Å². The molecule has 0 fully saturated rings. The van der Waals surface area contributed by atoms with Gasteiger partial charge in [0.25, 0.3) is 0 Å². The van der Waals surface area contributed by atoms with Crippen molar-refractivity contribution in [2.45, 2.75) is 32.4 Å². The molecule has 0 bridgehead atoms. The largest absolute Gasteiger partial charge is 0.376 e. The second-order valence-corrected chi connectivity index (χ2v) is 6.66. The molecular weight excluding hydrogens is 298 g/mol. The van der Waals surface area contributed by atoms with E-state index in [4.69, 9.17) is 0 Å². The predicted molar refractivity (Wildman–Crippen MR) is 100 cm³/mol. The van der Waals surface area contributed by atoms with E-state index < -0.39 is 0 Å². The molecule has 0 aliphatic rings. The molecule has 1 amide bonds. The number of para-hydroxylation sites is 1. The van der Waals surface area contributed by atoms with Crippen LogP contribution in [0.3, 0.4) is 0 Å². The Labute approximate surface area is 144 Å². The van der Waals surface area contributed by atoms with Crippen LogP contribution in [0.15, 0.2) is 60.7 Å². The lowest BCUT2D eigenvalue weighted by atomic mass is 10.0. The summed E-state index contributed by atoms with van der Waals surface area (Å²) in [6.07, 6.45) is 0. The van der Waals surface area contributed by atoms with E-state index in [1.807, 2.05) is 48.5 Å². The quantitative estimate of drug-likeness (QED) is 0.698. The Morgan fingerprint density at radius 2 is 1.58 bits per heavy atom. The molecule has 2 rings (SSSR count). The highest BCUT2D eigenvalue weighted by atomic mass is 16.1. The lowest BCUT2D eigenvalue weighted by Gasteiger charge is -2.31. The highest BCUT2D eigenvalue weighted by Gasteiger charge is 2.21. The molecule has 1 unspecified atom stereocenters. The number of anilines is 1. The molecule has 0 aliphatic heterocycles. The van der Waals surface area contributed by atoms with Gasteiger partial charge in [0.2, 0.25) is 5.91 Å². The van der Waals surface area contributed by atoms with Crippen molar-refractivity contribution in [3.63, 3.8) is 0 Å². The van der Waals surface area contributed by atoms with Crippen LogP contribution in [0.4, 0.5) is 5.69 Å². The van der Waals surface area contributed by atoms with Gasteiger partial charge < -0.3 is 16.0 Å². The van der Waals surface area contributed by atoms with E-state index in [-0.39, 0.29) is 24.0 Å². The lowest BCUT2D eigenvalue weighted by Crippen LogP contribution is -2.50. The molecule has 4 nitrogen and oxygen atoms in total. The molecule has 128 valence electrons. The summed E-state index contributed by atoms with van der Waals surface area (Å²) in [5.41, 5.74) is 1.99. The van der Waals surface area contributed by atoms with Gasteiger partial charge in [0.15, 0.2) is 0 Å². The average molecular weight is 325 g/mol. The summed E-state index contributed by atoms with van der Waals surface area (Å²) in [5, 5.41) is 9.67. The number of rotatable bonds is 8. The van der Waals surface area contributed by atoms with Crippen molar-refractivity contribution in [3.05, 3.63) is 66.2 Å². The van der Waals surface area contributed by atoms with Crippen LogP contribution in [0, 0.1) is 0 Å². The van der Waals surface area contributed by atoms with Gasteiger partial charge in [-0.1, -0.05) is 48.5 Å². The van der Waals surface area contributed by atoms with E-state index in [2.05, 4.69) is 48.9 Å². The lowest BCUT2D eigenvalue weighted by molar-refractivity contribution is -0.119. The van der Waals surface area contributed by atoms with Gasteiger partial charge in [-0.2, -0.15) is 0 Å². The zero-order chi connectivity index (χ0) is 17.4. The van der Waals surface area contributed by atoms with Gasteiger partial charge in [0.05, 0.1) is 6.54 Å². The van der Waals surface area contributed by atoms with Gasteiger partial charge in [0.1, 0.15) is 0 Å². The van der Waals surface area contributed by atoms with Gasteiger partial charge in [0, 0.05) is 23.8 Å². The standard InChI is InChI=1S/C20H27N3O/c1-16(17-10-6-4-7-11-17)23-20(2,3)15-22-19(24)14-21-18-12-8-5-9-13-18/h4-13,16,21,23H,14-15H2,1-3H3,(H,22,24). The summed E-state index contributed by atoms with van der Waals surface area (Å²) in [5.74, 6) is -0.0129. The maximum absolute atomic E-state index is 12.0. The molecule has 0 saturated carbocycles. The van der Waals surface area contributed by atoms with Gasteiger partial charge in [-0.05, 0) is 38.5 Å². The van der Waals surface area contributed by atoms with E-state index in [1.165, 1.54) is 5.56 Å². The molecule has 0 radical (unpaired) electrons. The SMILES string of the molecule is CC(NC(C)(C)CNC(=O)CNc1ccccc1)c1ccccc1. The van der Waals surface area contributed by atoms with E-state index in [1.54, 1.807) is 0 Å². The smallest absolute Gasteiger partial charge is 0.239 e. The monoisotopic (exact) mass is 325 g/mol. The number of carbonyl (C=O) groups is 1.